The van der Waals surface area contributed by atoms with Crippen molar-refractivity contribution in [1.82, 2.24) is 10.0 Å². The van der Waals surface area contributed by atoms with Gasteiger partial charge in [-0.3, -0.25) is 4.79 Å². The number of hydrogen-bond donors (Lipinski definition) is 3. The Balaban J connectivity index is 2.86. The molecule has 1 aromatic heterocycles. The van der Waals surface area contributed by atoms with Crippen molar-refractivity contribution >= 4 is 33.2 Å². The number of allylic oxidation sites excluding steroid dienone is 1. The number of rotatable bonds is 7. The second-order valence-electron chi connectivity index (χ2n) is 4.02. The fraction of sp³-hybridized carbons (Fsp3) is 0.333. The van der Waals surface area contributed by atoms with Crippen LogP contribution in [0.15, 0.2) is 28.5 Å². The van der Waals surface area contributed by atoms with Gasteiger partial charge in [0.15, 0.2) is 0 Å². The highest BCUT2D eigenvalue weighted by atomic mass is 32.2. The van der Waals surface area contributed by atoms with E-state index in [1.807, 2.05) is 0 Å². The summed E-state index contributed by atoms with van der Waals surface area (Å²) in [5.41, 5.74) is 0. The lowest BCUT2D eigenvalue weighted by molar-refractivity contribution is -0.139. The monoisotopic (exact) mass is 332 g/mol. The average molecular weight is 332 g/mol. The lowest BCUT2D eigenvalue weighted by atomic mass is 10.2. The molecule has 0 spiro atoms. The smallest absolute Gasteiger partial charge is 0.326 e. The van der Waals surface area contributed by atoms with Gasteiger partial charge in [-0.05, 0) is 26.5 Å². The third-order valence-corrected chi connectivity index (χ3v) is 5.06. The Kier molecular flexibility index (Phi) is 6.06. The largest absolute Gasteiger partial charge is 0.480 e. The standard InChI is InChI=1S/C12H16N2O5S2/c1-3-4-5-9(12(16)17)14-11(15)10-6-8(7-20-10)21(18,19)13-2/h3-4,6-7,9,13H,5H2,1-2H3,(H,14,15)(H,16,17)/b4-3+. The third kappa shape index (κ3) is 4.66. The zero-order chi connectivity index (χ0) is 16.0. The van der Waals surface area contributed by atoms with E-state index < -0.39 is 27.9 Å². The molecule has 1 aromatic rings. The summed E-state index contributed by atoms with van der Waals surface area (Å²) in [7, 11) is -2.35. The van der Waals surface area contributed by atoms with E-state index >= 15 is 0 Å². The van der Waals surface area contributed by atoms with E-state index in [0.29, 0.717) is 0 Å². The van der Waals surface area contributed by atoms with Gasteiger partial charge in [-0.2, -0.15) is 0 Å². The first-order valence-corrected chi connectivity index (χ1v) is 8.35. The highest BCUT2D eigenvalue weighted by Gasteiger charge is 2.22. The van der Waals surface area contributed by atoms with Crippen LogP contribution < -0.4 is 10.0 Å². The van der Waals surface area contributed by atoms with Crippen LogP contribution >= 0.6 is 11.3 Å². The van der Waals surface area contributed by atoms with Crippen LogP contribution in [-0.2, 0) is 14.8 Å². The van der Waals surface area contributed by atoms with Crippen molar-refractivity contribution in [3.05, 3.63) is 28.5 Å². The fourth-order valence-electron chi connectivity index (χ4n) is 1.42. The average Bonchev–Trinajstić information content (AvgIpc) is 2.93. The van der Waals surface area contributed by atoms with E-state index in [0.717, 1.165) is 11.3 Å². The van der Waals surface area contributed by atoms with Crippen LogP contribution in [0.4, 0.5) is 0 Å². The number of carboxylic acids is 1. The van der Waals surface area contributed by atoms with Crippen LogP contribution in [0.3, 0.4) is 0 Å². The zero-order valence-corrected chi connectivity index (χ0v) is 13.1. The lowest BCUT2D eigenvalue weighted by Gasteiger charge is -2.11. The summed E-state index contributed by atoms with van der Waals surface area (Å²) >= 11 is 0.935. The summed E-state index contributed by atoms with van der Waals surface area (Å²) in [6, 6.07) is 0.153. The molecule has 3 N–H and O–H groups in total. The predicted molar refractivity (Wildman–Crippen MR) is 78.9 cm³/mol. The van der Waals surface area contributed by atoms with E-state index in [2.05, 4.69) is 10.0 Å². The highest BCUT2D eigenvalue weighted by Crippen LogP contribution is 2.19. The van der Waals surface area contributed by atoms with Gasteiger partial charge in [0.2, 0.25) is 10.0 Å². The minimum Gasteiger partial charge on any atom is -0.480 e. The molecule has 0 aliphatic rings. The molecule has 9 heteroatoms. The quantitative estimate of drug-likeness (QED) is 0.640. The van der Waals surface area contributed by atoms with Crippen LogP contribution in [-0.4, -0.2) is 38.5 Å². The number of aliphatic carboxylic acids is 1. The Hall–Kier alpha value is -1.71. The van der Waals surface area contributed by atoms with Crippen LogP contribution in [0.1, 0.15) is 23.0 Å². The van der Waals surface area contributed by atoms with E-state index in [1.54, 1.807) is 19.1 Å². The summed E-state index contributed by atoms with van der Waals surface area (Å²) in [6.07, 6.45) is 3.47. The topological polar surface area (TPSA) is 113 Å². The maximum atomic E-state index is 11.9. The van der Waals surface area contributed by atoms with Crippen molar-refractivity contribution in [1.29, 1.82) is 0 Å². The Morgan fingerprint density at radius 1 is 1.48 bits per heavy atom. The van der Waals surface area contributed by atoms with Crippen molar-refractivity contribution in [2.45, 2.75) is 24.3 Å². The SMILES string of the molecule is C/C=C/CC(NC(=O)c1cc(S(=O)(=O)NC)cs1)C(=O)O. The molecule has 0 aliphatic carbocycles. The Labute approximate surface area is 126 Å². The Bertz CT molecular complexity index is 648. The lowest BCUT2D eigenvalue weighted by Crippen LogP contribution is -2.40. The normalized spacial score (nSPS) is 13.2. The number of carboxylic acid groups (broad SMARTS) is 1. The molecular formula is C12H16N2O5S2. The van der Waals surface area contributed by atoms with Crippen LogP contribution in [0.2, 0.25) is 0 Å². The number of carbonyl (C=O) groups excluding carboxylic acids is 1. The summed E-state index contributed by atoms with van der Waals surface area (Å²) in [5, 5.41) is 12.7. The van der Waals surface area contributed by atoms with E-state index in [1.165, 1.54) is 18.5 Å². The van der Waals surface area contributed by atoms with Crippen molar-refractivity contribution in [3.8, 4) is 0 Å². The molecule has 0 radical (unpaired) electrons. The Morgan fingerprint density at radius 3 is 2.67 bits per heavy atom. The van der Waals surface area contributed by atoms with E-state index in [-0.39, 0.29) is 16.2 Å². The van der Waals surface area contributed by atoms with Crippen LogP contribution in [0, 0.1) is 0 Å². The molecule has 0 saturated carbocycles. The molecule has 0 fully saturated rings. The first-order chi connectivity index (χ1) is 9.81. The second-order valence-corrected chi connectivity index (χ2v) is 6.82. The predicted octanol–water partition coefficient (Wildman–Crippen LogP) is 0.805. The van der Waals surface area contributed by atoms with E-state index in [4.69, 9.17) is 5.11 Å². The number of amides is 1. The molecule has 21 heavy (non-hydrogen) atoms. The molecule has 0 aromatic carbocycles. The molecule has 116 valence electrons. The third-order valence-electron chi connectivity index (χ3n) is 2.59. The molecule has 1 heterocycles. The van der Waals surface area contributed by atoms with Crippen molar-refractivity contribution < 1.29 is 23.1 Å². The molecule has 7 nitrogen and oxygen atoms in total. The van der Waals surface area contributed by atoms with E-state index in [9.17, 15) is 18.0 Å². The Morgan fingerprint density at radius 2 is 2.14 bits per heavy atom. The van der Waals surface area contributed by atoms with Gasteiger partial charge < -0.3 is 10.4 Å². The van der Waals surface area contributed by atoms with Gasteiger partial charge in [-0.25, -0.2) is 17.9 Å². The summed E-state index contributed by atoms with van der Waals surface area (Å²) in [4.78, 5) is 23.1. The minimum atomic E-state index is -3.62. The van der Waals surface area contributed by atoms with Crippen molar-refractivity contribution in [2.75, 3.05) is 7.05 Å². The van der Waals surface area contributed by atoms with Gasteiger partial charge in [0.05, 0.1) is 9.77 Å². The summed E-state index contributed by atoms with van der Waals surface area (Å²) < 4.78 is 25.3. The maximum absolute atomic E-state index is 11.9. The van der Waals surface area contributed by atoms with Gasteiger partial charge >= 0.3 is 5.97 Å². The summed E-state index contributed by atoms with van der Waals surface area (Å²) in [5.74, 6) is -1.77. The number of carbonyl (C=O) groups is 2. The van der Waals surface area contributed by atoms with Crippen LogP contribution in [0.5, 0.6) is 0 Å². The molecule has 1 rings (SSSR count). The number of hydrogen-bond acceptors (Lipinski definition) is 5. The molecular weight excluding hydrogens is 316 g/mol. The van der Waals surface area contributed by atoms with Gasteiger partial charge in [-0.15, -0.1) is 11.3 Å². The fourth-order valence-corrected chi connectivity index (χ4v) is 3.33. The number of nitrogens with one attached hydrogen (secondary N) is 2. The minimum absolute atomic E-state index is 0.0273. The summed E-state index contributed by atoms with van der Waals surface area (Å²) in [6.45, 7) is 1.74. The first kappa shape index (κ1) is 17.3. The maximum Gasteiger partial charge on any atom is 0.326 e. The second kappa shape index (κ2) is 7.34. The molecule has 0 bridgehead atoms. The highest BCUT2D eigenvalue weighted by molar-refractivity contribution is 7.89. The van der Waals surface area contributed by atoms with Crippen molar-refractivity contribution in [2.24, 2.45) is 0 Å². The number of sulfonamides is 1. The molecule has 1 amide bonds. The van der Waals surface area contributed by atoms with Gasteiger partial charge in [0.1, 0.15) is 6.04 Å². The van der Waals surface area contributed by atoms with Crippen molar-refractivity contribution in [3.63, 3.8) is 0 Å². The van der Waals surface area contributed by atoms with Gasteiger partial charge in [0, 0.05) is 5.38 Å². The van der Waals surface area contributed by atoms with Gasteiger partial charge in [0.25, 0.3) is 5.91 Å². The zero-order valence-electron chi connectivity index (χ0n) is 11.5. The molecule has 0 aliphatic heterocycles. The van der Waals surface area contributed by atoms with Crippen LogP contribution in [0.25, 0.3) is 0 Å². The molecule has 0 saturated heterocycles. The molecule has 1 atom stereocenters. The molecule has 1 unspecified atom stereocenters. The number of thiophene rings is 1. The van der Waals surface area contributed by atoms with Gasteiger partial charge in [-0.1, -0.05) is 12.2 Å². The first-order valence-electron chi connectivity index (χ1n) is 5.98.